The van der Waals surface area contributed by atoms with Crippen LogP contribution in [0.25, 0.3) is 61.0 Å². The van der Waals surface area contributed by atoms with Crippen molar-refractivity contribution in [2.24, 2.45) is 5.41 Å². The van der Waals surface area contributed by atoms with Crippen molar-refractivity contribution >= 4 is 44.6 Å². The maximum Gasteiger partial charge on any atom is 0.137 e. The minimum absolute atomic E-state index is 0.0922. The molecule has 2 aliphatic rings. The molecule has 0 spiro atoms. The molecule has 0 amide bonds. The van der Waals surface area contributed by atoms with E-state index in [4.69, 9.17) is 9.72 Å². The maximum absolute atomic E-state index is 9.57. The molecule has 0 N–H and O–H groups in total. The van der Waals surface area contributed by atoms with Crippen molar-refractivity contribution in [3.8, 4) is 50.7 Å². The Morgan fingerprint density at radius 1 is 0.459 bits per heavy atom. The fourth-order valence-electron chi connectivity index (χ4n) is 13.4. The molecule has 0 bridgehead atoms. The summed E-state index contributed by atoms with van der Waals surface area (Å²) in [5.41, 5.74) is 19.4. The Morgan fingerprint density at radius 2 is 1.01 bits per heavy atom. The van der Waals surface area contributed by atoms with Crippen LogP contribution in [0.4, 0.5) is 22.7 Å². The van der Waals surface area contributed by atoms with E-state index >= 15 is 0 Å². The fourth-order valence-corrected chi connectivity index (χ4v) is 13.4. The summed E-state index contributed by atoms with van der Waals surface area (Å²) in [5, 5.41) is 2.25. The van der Waals surface area contributed by atoms with Crippen molar-refractivity contribution in [3.63, 3.8) is 0 Å². The molecular weight excluding hydrogens is 1030 g/mol. The molecule has 0 saturated heterocycles. The fraction of sp³-hybridized carbons (Fsp3) is 0.188. The van der Waals surface area contributed by atoms with Crippen LogP contribution in [0.3, 0.4) is 0 Å². The number of para-hydroxylation sites is 3. The Balaban J connectivity index is 0.875. The molecule has 0 atom stereocenters. The van der Waals surface area contributed by atoms with E-state index in [2.05, 4.69) is 280 Å². The lowest BCUT2D eigenvalue weighted by Crippen LogP contribution is -2.30. The third kappa shape index (κ3) is 9.38. The number of pyridine rings is 1. The topological polar surface area (TPSA) is 33.5 Å². The van der Waals surface area contributed by atoms with Gasteiger partial charge in [0.05, 0.1) is 33.5 Å². The van der Waals surface area contributed by atoms with E-state index in [9.17, 15) is 2.74 Å². The molecular formula is C80H72N4O. The number of ether oxygens (including phenoxy) is 1. The molecule has 0 fully saturated rings. The second-order valence-electron chi connectivity index (χ2n) is 26.2. The molecule has 418 valence electrons. The lowest BCUT2D eigenvalue weighted by atomic mass is 9.65. The minimum Gasteiger partial charge on any atom is -0.457 e. The molecule has 3 heterocycles. The number of nitrogens with zero attached hydrogens (tertiary/aromatic N) is 4. The van der Waals surface area contributed by atoms with Gasteiger partial charge in [-0.05, 0) is 151 Å². The van der Waals surface area contributed by atoms with E-state index < -0.39 is 17.2 Å². The number of anilines is 4. The summed E-state index contributed by atoms with van der Waals surface area (Å²) >= 11 is 0. The summed E-state index contributed by atoms with van der Waals surface area (Å²) < 4.78 is 28.5. The summed E-state index contributed by atoms with van der Waals surface area (Å²) in [6.07, 6.45) is 0.373. The van der Waals surface area contributed by atoms with Crippen LogP contribution in [-0.4, -0.2) is 16.2 Å². The molecule has 5 heteroatoms. The molecule has 1 aliphatic carbocycles. The Kier molecular flexibility index (Phi) is 12.3. The Morgan fingerprint density at radius 3 is 1.64 bits per heavy atom. The lowest BCUT2D eigenvalue weighted by molar-refractivity contribution is 0.411. The van der Waals surface area contributed by atoms with Gasteiger partial charge in [0.2, 0.25) is 0 Å². The molecule has 0 unspecified atom stereocenters. The largest absolute Gasteiger partial charge is 0.457 e. The number of fused-ring (bicyclic) bond motifs is 7. The van der Waals surface area contributed by atoms with E-state index in [1.54, 1.807) is 0 Å². The average molecular weight is 1110 g/mol. The van der Waals surface area contributed by atoms with E-state index in [0.29, 0.717) is 23.7 Å². The number of hydrogen-bond donors (Lipinski definition) is 0. The van der Waals surface area contributed by atoms with Gasteiger partial charge in [0.1, 0.15) is 24.0 Å². The lowest BCUT2D eigenvalue weighted by Gasteiger charge is -2.36. The zero-order valence-electron chi connectivity index (χ0n) is 52.1. The third-order valence-corrected chi connectivity index (χ3v) is 17.3. The first-order valence-electron chi connectivity index (χ1n) is 30.9. The van der Waals surface area contributed by atoms with Crippen LogP contribution >= 0.6 is 0 Å². The van der Waals surface area contributed by atoms with Crippen LogP contribution in [0.1, 0.15) is 104 Å². The standard InChI is InChI=1S/C80H72N4O/c1-77(2,3)51-53-43-67(54-25-12-10-13-26-54)76(68(44-53)55-27-14-11-15-28-55)83-52-82(72-37-22-23-38-73(72)83)60-29-24-30-61(49-60)85-62-39-40-66-65-33-18-21-36-71(65)84(74(66)50-62)75-48-56(41-42-81-75)80(59-46-57(78(4,5)6)45-58(47-59)79(7,8)9)69-34-19-16-31-63(69)64-32-17-20-35-70(64)80/h10-50H,51-52H2,1-9H3/i51D2. The quantitative estimate of drug-likeness (QED) is 0.137. The van der Waals surface area contributed by atoms with Gasteiger partial charge >= 0.3 is 0 Å². The van der Waals surface area contributed by atoms with Gasteiger partial charge in [0.15, 0.2) is 0 Å². The van der Waals surface area contributed by atoms with E-state index in [0.717, 1.165) is 78.2 Å². The molecule has 2 aromatic heterocycles. The van der Waals surface area contributed by atoms with Gasteiger partial charge in [-0.3, -0.25) is 4.57 Å². The number of aromatic nitrogens is 2. The SMILES string of the molecule is [2H]C([2H])(c1cc(-c2ccccc2)c(N2CN(c3cccc(Oc4ccc5c6ccccc6n(-c6cc(C7(c8cc(C(C)(C)C)cc(C(C)(C)C)c8)c8ccccc8-c8ccccc87)ccn6)c5c4)c3)c3ccccc32)c(-c2ccccc2)c1)C(C)(C)C. The minimum atomic E-state index is -1.63. The normalized spacial score (nSPS) is 14.3. The Labute approximate surface area is 504 Å². The highest BCUT2D eigenvalue weighted by molar-refractivity contribution is 6.09. The summed E-state index contributed by atoms with van der Waals surface area (Å²) in [5.74, 6) is 2.25. The maximum atomic E-state index is 9.57. The monoisotopic (exact) mass is 1110 g/mol. The van der Waals surface area contributed by atoms with Gasteiger partial charge in [-0.2, -0.15) is 0 Å². The van der Waals surface area contributed by atoms with Gasteiger partial charge in [0.25, 0.3) is 0 Å². The van der Waals surface area contributed by atoms with Crippen molar-refractivity contribution in [1.29, 1.82) is 0 Å². The Bertz CT molecular complexity index is 4500. The van der Waals surface area contributed by atoms with Crippen LogP contribution in [0, 0.1) is 5.41 Å². The first kappa shape index (κ1) is 51.2. The van der Waals surface area contributed by atoms with E-state index in [1.807, 2.05) is 45.2 Å². The van der Waals surface area contributed by atoms with Crippen molar-refractivity contribution in [3.05, 3.63) is 288 Å². The van der Waals surface area contributed by atoms with Crippen LogP contribution in [-0.2, 0) is 22.6 Å². The van der Waals surface area contributed by atoms with Crippen molar-refractivity contribution in [2.45, 2.75) is 84.9 Å². The highest BCUT2D eigenvalue weighted by Gasteiger charge is 2.47. The Hall–Kier alpha value is -9.45. The molecule has 14 rings (SSSR count). The molecule has 5 nitrogen and oxygen atoms in total. The molecule has 0 radical (unpaired) electrons. The van der Waals surface area contributed by atoms with Crippen molar-refractivity contribution in [1.82, 2.24) is 9.55 Å². The predicted octanol–water partition coefficient (Wildman–Crippen LogP) is 21.1. The second kappa shape index (κ2) is 20.4. The van der Waals surface area contributed by atoms with E-state index in [-0.39, 0.29) is 10.8 Å². The van der Waals surface area contributed by atoms with Crippen molar-refractivity contribution < 1.29 is 7.48 Å². The first-order chi connectivity index (χ1) is 41.8. The van der Waals surface area contributed by atoms with Gasteiger partial charge in [-0.15, -0.1) is 0 Å². The van der Waals surface area contributed by atoms with Gasteiger partial charge in [0, 0.05) is 48.7 Å². The van der Waals surface area contributed by atoms with Crippen LogP contribution in [0.15, 0.2) is 249 Å². The number of hydrogen-bond acceptors (Lipinski definition) is 4. The predicted molar refractivity (Wildman–Crippen MR) is 356 cm³/mol. The molecule has 0 saturated carbocycles. The van der Waals surface area contributed by atoms with Crippen LogP contribution in [0.2, 0.25) is 0 Å². The molecule has 10 aromatic carbocycles. The molecule has 85 heavy (non-hydrogen) atoms. The number of rotatable bonds is 10. The van der Waals surface area contributed by atoms with Gasteiger partial charge in [-0.25, -0.2) is 4.98 Å². The summed E-state index contributed by atoms with van der Waals surface area (Å²) in [6.45, 7) is 20.4. The second-order valence-corrected chi connectivity index (χ2v) is 26.2. The average Bonchev–Trinajstić information content (AvgIpc) is 1.59. The number of benzene rings is 10. The zero-order valence-corrected chi connectivity index (χ0v) is 50.1. The highest BCUT2D eigenvalue weighted by Crippen LogP contribution is 2.58. The smallest absolute Gasteiger partial charge is 0.137 e. The molecule has 1 aliphatic heterocycles. The molecule has 12 aromatic rings. The van der Waals surface area contributed by atoms with Gasteiger partial charge < -0.3 is 14.5 Å². The highest BCUT2D eigenvalue weighted by atomic mass is 16.5. The first-order valence-corrected chi connectivity index (χ1v) is 29.9. The van der Waals surface area contributed by atoms with Crippen molar-refractivity contribution in [2.75, 3.05) is 16.5 Å². The summed E-state index contributed by atoms with van der Waals surface area (Å²) in [7, 11) is 0. The van der Waals surface area contributed by atoms with Gasteiger partial charge in [-0.1, -0.05) is 226 Å². The van der Waals surface area contributed by atoms with Crippen LogP contribution in [0.5, 0.6) is 11.5 Å². The summed E-state index contributed by atoms with van der Waals surface area (Å²) in [6, 6.07) is 87.1. The van der Waals surface area contributed by atoms with E-state index in [1.165, 1.54) is 38.9 Å². The summed E-state index contributed by atoms with van der Waals surface area (Å²) in [4.78, 5) is 10.0. The third-order valence-electron chi connectivity index (χ3n) is 17.3. The van der Waals surface area contributed by atoms with Crippen LogP contribution < -0.4 is 14.5 Å². The zero-order chi connectivity index (χ0) is 60.2.